The molecule has 0 saturated heterocycles. The minimum atomic E-state index is 0. The van der Waals surface area contributed by atoms with E-state index in [-0.39, 0.29) is 31.0 Å². The summed E-state index contributed by atoms with van der Waals surface area (Å²) >= 11 is 3.81. The Hall–Kier alpha value is 0.800. The Morgan fingerprint density at radius 3 is 2.00 bits per heavy atom. The molecular formula is CH2NNaS. The fraction of sp³-hybridized carbons (Fsp3) is 0. The summed E-state index contributed by atoms with van der Waals surface area (Å²) in [5.41, 5.74) is 0. The number of rotatable bonds is 0. The second-order valence-electron chi connectivity index (χ2n) is 0.102. The van der Waals surface area contributed by atoms with Crippen LogP contribution >= 0.6 is 12.2 Å². The van der Waals surface area contributed by atoms with E-state index < -0.39 is 0 Å². The molecule has 0 unspecified atom stereocenters. The maximum absolute atomic E-state index is 5.77. The first-order valence-corrected chi connectivity index (χ1v) is 0.862. The predicted octanol–water partition coefficient (Wildman–Crippen LogP) is -2.22. The van der Waals surface area contributed by atoms with Crippen molar-refractivity contribution in [3.05, 3.63) is 0 Å². The van der Waals surface area contributed by atoms with Crippen molar-refractivity contribution in [2.24, 2.45) is 0 Å². The third kappa shape index (κ3) is 14.2. The van der Waals surface area contributed by atoms with Gasteiger partial charge in [0.25, 0.3) is 0 Å². The van der Waals surface area contributed by atoms with Crippen molar-refractivity contribution in [3.63, 3.8) is 0 Å². The summed E-state index contributed by atoms with van der Waals surface area (Å²) in [6.45, 7) is 0. The molecule has 0 aromatic carbocycles. The van der Waals surface area contributed by atoms with Gasteiger partial charge >= 0.3 is 29.6 Å². The van der Waals surface area contributed by atoms with Gasteiger partial charge in [-0.1, -0.05) is 0 Å². The zero-order valence-corrected chi connectivity index (χ0v) is 5.22. The van der Waals surface area contributed by atoms with Crippen LogP contribution < -0.4 is 29.6 Å². The Bertz CT molecular complexity index is 32.6. The molecule has 4 heavy (non-hydrogen) atoms. The van der Waals surface area contributed by atoms with E-state index in [9.17, 15) is 0 Å². The van der Waals surface area contributed by atoms with E-state index in [1.54, 1.807) is 5.16 Å². The van der Waals surface area contributed by atoms with Crippen LogP contribution in [0.1, 0.15) is 1.43 Å². The zero-order chi connectivity index (χ0) is 2.71. The Morgan fingerprint density at radius 1 is 2.00 bits per heavy atom. The first kappa shape index (κ1) is 8.84. The molecule has 0 radical (unpaired) electrons. The van der Waals surface area contributed by atoms with Crippen molar-refractivity contribution in [2.45, 2.75) is 0 Å². The SMILES string of the molecule is N=C=S.[H-].[Na+]. The largest absolute Gasteiger partial charge is 1.00 e. The number of hydrogen-bond donors (Lipinski definition) is 1. The van der Waals surface area contributed by atoms with Gasteiger partial charge in [0.05, 0.1) is 5.16 Å². The van der Waals surface area contributed by atoms with Crippen LogP contribution in [0.3, 0.4) is 0 Å². The molecule has 1 nitrogen and oxygen atoms in total. The first-order valence-electron chi connectivity index (χ1n) is 0.454. The average Bonchev–Trinajstić information content (AvgIpc) is 0.918. The minimum absolute atomic E-state index is 0. The Kier molecular flexibility index (Phi) is 20.3. The van der Waals surface area contributed by atoms with Gasteiger partial charge in [0.1, 0.15) is 0 Å². The van der Waals surface area contributed by atoms with Crippen LogP contribution in [0.15, 0.2) is 0 Å². The van der Waals surface area contributed by atoms with Gasteiger partial charge in [-0.2, -0.15) is 0 Å². The topological polar surface area (TPSA) is 23.9 Å². The van der Waals surface area contributed by atoms with Crippen LogP contribution in [0.4, 0.5) is 0 Å². The van der Waals surface area contributed by atoms with Crippen molar-refractivity contribution in [1.29, 1.82) is 5.41 Å². The van der Waals surface area contributed by atoms with E-state index in [1.807, 2.05) is 0 Å². The molecule has 0 aromatic heterocycles. The smallest absolute Gasteiger partial charge is 1.00 e. The predicted molar refractivity (Wildman–Crippen MR) is 16.4 cm³/mol. The van der Waals surface area contributed by atoms with Gasteiger partial charge in [-0.15, -0.1) is 0 Å². The van der Waals surface area contributed by atoms with Crippen LogP contribution in [-0.2, 0) is 0 Å². The fourth-order valence-electron chi connectivity index (χ4n) is 0. The monoisotopic (exact) mass is 83.0 g/mol. The summed E-state index contributed by atoms with van der Waals surface area (Å²) < 4.78 is 0. The molecule has 1 N–H and O–H groups in total. The van der Waals surface area contributed by atoms with Crippen molar-refractivity contribution < 1.29 is 31.0 Å². The van der Waals surface area contributed by atoms with E-state index in [4.69, 9.17) is 5.41 Å². The van der Waals surface area contributed by atoms with Gasteiger partial charge < -0.3 is 1.43 Å². The van der Waals surface area contributed by atoms with Crippen molar-refractivity contribution in [3.8, 4) is 0 Å². The van der Waals surface area contributed by atoms with Crippen LogP contribution in [0, 0.1) is 5.41 Å². The number of nitrogens with one attached hydrogen (secondary N) is 1. The van der Waals surface area contributed by atoms with Crippen molar-refractivity contribution >= 4 is 17.4 Å². The Balaban J connectivity index is -0.0000000200. The quantitative estimate of drug-likeness (QED) is 0.200. The van der Waals surface area contributed by atoms with E-state index in [2.05, 4.69) is 12.2 Å². The first-order chi connectivity index (χ1) is 1.41. The van der Waals surface area contributed by atoms with E-state index >= 15 is 0 Å². The molecule has 18 valence electrons. The van der Waals surface area contributed by atoms with E-state index in [0.717, 1.165) is 0 Å². The molecule has 0 heterocycles. The van der Waals surface area contributed by atoms with Crippen LogP contribution in [0.5, 0.6) is 0 Å². The Labute approximate surface area is 53.7 Å². The third-order valence-corrected chi connectivity index (χ3v) is 0. The molecule has 0 amide bonds. The normalized spacial score (nSPS) is 2.00. The van der Waals surface area contributed by atoms with E-state index in [0.29, 0.717) is 0 Å². The number of thiocarbonyl (C=S) groups is 1. The average molecular weight is 83.1 g/mol. The minimum Gasteiger partial charge on any atom is -1.00 e. The maximum Gasteiger partial charge on any atom is 1.00 e. The van der Waals surface area contributed by atoms with Crippen LogP contribution in [0.2, 0.25) is 0 Å². The number of isothiocyanates is 1. The van der Waals surface area contributed by atoms with Crippen molar-refractivity contribution in [1.82, 2.24) is 0 Å². The summed E-state index contributed by atoms with van der Waals surface area (Å²) in [6, 6.07) is 0. The molecule has 0 aliphatic heterocycles. The molecule has 0 saturated carbocycles. The molecule has 0 aliphatic rings. The van der Waals surface area contributed by atoms with Gasteiger partial charge in [0, 0.05) is 0 Å². The molecule has 0 spiro atoms. The van der Waals surface area contributed by atoms with Crippen molar-refractivity contribution in [2.75, 3.05) is 0 Å². The van der Waals surface area contributed by atoms with Gasteiger partial charge in [-0.25, -0.2) is 5.41 Å². The van der Waals surface area contributed by atoms with Gasteiger partial charge in [0.15, 0.2) is 0 Å². The Morgan fingerprint density at radius 2 is 2.00 bits per heavy atom. The third-order valence-electron chi connectivity index (χ3n) is 0. The second kappa shape index (κ2) is 9.20. The molecule has 0 aromatic rings. The van der Waals surface area contributed by atoms with Gasteiger partial charge in [-0.05, 0) is 12.2 Å². The van der Waals surface area contributed by atoms with Gasteiger partial charge in [0.2, 0.25) is 0 Å². The molecule has 0 bridgehead atoms. The summed E-state index contributed by atoms with van der Waals surface area (Å²) in [4.78, 5) is 0. The fourth-order valence-corrected chi connectivity index (χ4v) is 0. The second-order valence-corrected chi connectivity index (χ2v) is 0.306. The van der Waals surface area contributed by atoms with Gasteiger partial charge in [-0.3, -0.25) is 0 Å². The zero-order valence-electron chi connectivity index (χ0n) is 3.41. The van der Waals surface area contributed by atoms with Crippen LogP contribution in [-0.4, -0.2) is 5.16 Å². The standard InChI is InChI=1S/CHNS.Na.H/c2-1-3;;/h2H;;/q;+1;-1. The molecular weight excluding hydrogens is 81.1 g/mol. The summed E-state index contributed by atoms with van der Waals surface area (Å²) in [5.74, 6) is 0. The maximum atomic E-state index is 5.77. The summed E-state index contributed by atoms with van der Waals surface area (Å²) in [6.07, 6.45) is 0. The molecule has 3 heteroatoms. The number of hydrogen-bond acceptors (Lipinski definition) is 2. The molecule has 0 aliphatic carbocycles. The molecule has 0 rings (SSSR count). The molecule has 0 atom stereocenters. The summed E-state index contributed by atoms with van der Waals surface area (Å²) in [7, 11) is 0. The molecule has 0 fully saturated rings. The van der Waals surface area contributed by atoms with E-state index in [1.165, 1.54) is 0 Å². The van der Waals surface area contributed by atoms with Crippen LogP contribution in [0.25, 0.3) is 0 Å². The summed E-state index contributed by atoms with van der Waals surface area (Å²) in [5, 5.41) is 7.36.